The van der Waals surface area contributed by atoms with Crippen LogP contribution in [0.1, 0.15) is 0 Å². The summed E-state index contributed by atoms with van der Waals surface area (Å²) in [4.78, 5) is 10.1. The maximum atomic E-state index is 6.82. The van der Waals surface area contributed by atoms with Gasteiger partial charge in [0.1, 0.15) is 28.0 Å². The Hall–Kier alpha value is -7.50. The van der Waals surface area contributed by atoms with Crippen molar-refractivity contribution in [3.63, 3.8) is 0 Å². The molecule has 0 bridgehead atoms. The van der Waals surface area contributed by atoms with E-state index in [1.807, 2.05) is 54.6 Å². The van der Waals surface area contributed by atoms with Crippen LogP contribution in [0.5, 0.6) is 0 Å². The summed E-state index contributed by atoms with van der Waals surface area (Å²) < 4.78 is 15.9. The molecule has 0 amide bonds. The van der Waals surface area contributed by atoms with E-state index in [-0.39, 0.29) is 0 Å². The van der Waals surface area contributed by atoms with Gasteiger partial charge in [0.05, 0.1) is 22.1 Å². The predicted molar refractivity (Wildman–Crippen MR) is 225 cm³/mol. The van der Waals surface area contributed by atoms with Crippen LogP contribution in [0.2, 0.25) is 0 Å². The predicted octanol–water partition coefficient (Wildman–Crippen LogP) is 13.5. The summed E-state index contributed by atoms with van der Waals surface area (Å²) >= 11 is 0. The van der Waals surface area contributed by atoms with E-state index in [4.69, 9.17) is 18.8 Å². The molecule has 4 heterocycles. The van der Waals surface area contributed by atoms with E-state index in [9.17, 15) is 0 Å². The third-order valence-corrected chi connectivity index (χ3v) is 11.0. The zero-order chi connectivity index (χ0) is 36.0. The lowest BCUT2D eigenvalue weighted by Gasteiger charge is -2.12. The molecule has 0 spiro atoms. The summed E-state index contributed by atoms with van der Waals surface area (Å²) in [6.45, 7) is 0. The van der Waals surface area contributed by atoms with Gasteiger partial charge in [-0.3, -0.25) is 0 Å². The minimum absolute atomic E-state index is 0.663. The van der Waals surface area contributed by atoms with Crippen LogP contribution in [0, 0.1) is 0 Å². The molecule has 0 fully saturated rings. The maximum Gasteiger partial charge on any atom is 0.180 e. The first-order valence-electron chi connectivity index (χ1n) is 18.5. The Kier molecular flexibility index (Phi) is 6.27. The smallest absolute Gasteiger partial charge is 0.180 e. The lowest BCUT2D eigenvalue weighted by Crippen LogP contribution is -1.95. The van der Waals surface area contributed by atoms with Crippen LogP contribution in [0.25, 0.3) is 116 Å². The second kappa shape index (κ2) is 11.5. The van der Waals surface area contributed by atoms with E-state index in [2.05, 4.69) is 126 Å². The Morgan fingerprint density at radius 1 is 0.418 bits per heavy atom. The van der Waals surface area contributed by atoms with Crippen LogP contribution in [0.3, 0.4) is 0 Å². The van der Waals surface area contributed by atoms with Crippen molar-refractivity contribution >= 4 is 76.6 Å². The molecule has 0 aliphatic rings. The zero-order valence-corrected chi connectivity index (χ0v) is 29.4. The lowest BCUT2D eigenvalue weighted by molar-refractivity contribution is 0.667. The Balaban J connectivity index is 1.11. The van der Waals surface area contributed by atoms with Gasteiger partial charge in [-0.05, 0) is 64.9 Å². The number of hydrogen-bond acceptors (Lipinski definition) is 4. The van der Waals surface area contributed by atoms with Gasteiger partial charge in [-0.15, -0.1) is 0 Å². The van der Waals surface area contributed by atoms with Gasteiger partial charge in [0.15, 0.2) is 11.4 Å². The van der Waals surface area contributed by atoms with Gasteiger partial charge >= 0.3 is 0 Å². The number of fused-ring (bicyclic) bond motifs is 10. The largest absolute Gasteiger partial charge is 0.455 e. The molecule has 0 saturated heterocycles. The molecule has 55 heavy (non-hydrogen) atoms. The highest BCUT2D eigenvalue weighted by molar-refractivity contribution is 6.19. The van der Waals surface area contributed by atoms with Crippen molar-refractivity contribution in [2.75, 3.05) is 0 Å². The third-order valence-electron chi connectivity index (χ3n) is 11.0. The first-order chi connectivity index (χ1) is 27.3. The Bertz CT molecular complexity index is 3480. The minimum atomic E-state index is 0.663. The van der Waals surface area contributed by atoms with Gasteiger partial charge in [-0.2, -0.15) is 0 Å². The summed E-state index contributed by atoms with van der Waals surface area (Å²) in [5, 5.41) is 7.96. The average Bonchev–Trinajstić information content (AvgIpc) is 3.92. The molecule has 256 valence electrons. The number of para-hydroxylation sites is 2. The fraction of sp³-hybridized carbons (Fsp3) is 0. The molecule has 8 aromatic carbocycles. The second-order valence-corrected chi connectivity index (χ2v) is 14.1. The molecule has 0 radical (unpaired) electrons. The van der Waals surface area contributed by atoms with Crippen molar-refractivity contribution in [1.82, 2.24) is 14.5 Å². The Morgan fingerprint density at radius 3 is 1.95 bits per heavy atom. The van der Waals surface area contributed by atoms with Gasteiger partial charge < -0.3 is 13.4 Å². The monoisotopic (exact) mass is 703 g/mol. The first kappa shape index (κ1) is 30.0. The Labute approximate surface area is 314 Å². The number of aromatic nitrogens is 3. The minimum Gasteiger partial charge on any atom is -0.455 e. The van der Waals surface area contributed by atoms with Crippen LogP contribution in [0.4, 0.5) is 0 Å². The molecule has 5 nitrogen and oxygen atoms in total. The quantitative estimate of drug-likeness (QED) is 0.183. The van der Waals surface area contributed by atoms with E-state index in [0.717, 1.165) is 83.1 Å². The molecule has 0 atom stereocenters. The maximum absolute atomic E-state index is 6.82. The van der Waals surface area contributed by atoms with Crippen molar-refractivity contribution in [2.24, 2.45) is 0 Å². The van der Waals surface area contributed by atoms with E-state index in [1.54, 1.807) is 0 Å². The highest BCUT2D eigenvalue weighted by atomic mass is 16.3. The summed E-state index contributed by atoms with van der Waals surface area (Å²) in [6, 6.07) is 61.4. The van der Waals surface area contributed by atoms with E-state index in [0.29, 0.717) is 11.4 Å². The van der Waals surface area contributed by atoms with Crippen LogP contribution in [0.15, 0.2) is 185 Å². The number of hydrogen-bond donors (Lipinski definition) is 0. The average molecular weight is 704 g/mol. The van der Waals surface area contributed by atoms with Gasteiger partial charge in [-0.25, -0.2) is 9.97 Å². The summed E-state index contributed by atoms with van der Waals surface area (Å²) in [5.74, 6) is 0.663. The molecule has 5 heteroatoms. The molecule has 0 unspecified atom stereocenters. The lowest BCUT2D eigenvalue weighted by atomic mass is 9.99. The summed E-state index contributed by atoms with van der Waals surface area (Å²) in [7, 11) is 0. The molecule has 4 aromatic heterocycles. The van der Waals surface area contributed by atoms with E-state index in [1.165, 1.54) is 21.5 Å². The van der Waals surface area contributed by atoms with Crippen molar-refractivity contribution in [3.8, 4) is 39.5 Å². The highest BCUT2D eigenvalue weighted by Gasteiger charge is 2.23. The number of furan rings is 2. The molecule has 0 aliphatic carbocycles. The van der Waals surface area contributed by atoms with Crippen molar-refractivity contribution in [3.05, 3.63) is 176 Å². The summed E-state index contributed by atoms with van der Waals surface area (Å²) in [6.07, 6.45) is 0. The van der Waals surface area contributed by atoms with Crippen LogP contribution in [-0.2, 0) is 0 Å². The molecule has 0 saturated carbocycles. The van der Waals surface area contributed by atoms with Gasteiger partial charge in [0, 0.05) is 38.2 Å². The van der Waals surface area contributed by atoms with Crippen molar-refractivity contribution < 1.29 is 8.83 Å². The normalized spacial score (nSPS) is 12.0. The van der Waals surface area contributed by atoms with Gasteiger partial charge in [0.2, 0.25) is 0 Å². The van der Waals surface area contributed by atoms with E-state index < -0.39 is 0 Å². The van der Waals surface area contributed by atoms with E-state index >= 15 is 0 Å². The van der Waals surface area contributed by atoms with Crippen molar-refractivity contribution in [2.45, 2.75) is 0 Å². The summed E-state index contributed by atoms with van der Waals surface area (Å²) in [5.41, 5.74) is 11.9. The van der Waals surface area contributed by atoms with Crippen molar-refractivity contribution in [1.29, 1.82) is 0 Å². The SMILES string of the molecule is c1ccc(-c2nc(-c3ccccc3)c3oc4cc(-c5ccc(-n6c7ccccc7c7cc8ccccc8cc76)c6c5oc5ccccc56)ccc4c3n2)cc1. The fourth-order valence-corrected chi connectivity index (χ4v) is 8.46. The Morgan fingerprint density at radius 2 is 1.11 bits per heavy atom. The zero-order valence-electron chi connectivity index (χ0n) is 29.4. The number of benzene rings is 8. The number of rotatable bonds is 4. The molecule has 12 aromatic rings. The second-order valence-electron chi connectivity index (χ2n) is 14.1. The molecule has 12 rings (SSSR count). The molecule has 0 aliphatic heterocycles. The molecule has 0 N–H and O–H groups in total. The highest BCUT2D eigenvalue weighted by Crippen LogP contribution is 2.44. The van der Waals surface area contributed by atoms with Gasteiger partial charge in [-0.1, -0.05) is 127 Å². The van der Waals surface area contributed by atoms with Crippen LogP contribution < -0.4 is 0 Å². The molecular weight excluding hydrogens is 675 g/mol. The van der Waals surface area contributed by atoms with Crippen LogP contribution in [-0.4, -0.2) is 14.5 Å². The topological polar surface area (TPSA) is 57.0 Å². The number of nitrogens with zero attached hydrogens (tertiary/aromatic N) is 3. The fourth-order valence-electron chi connectivity index (χ4n) is 8.46. The molecular formula is C50H29N3O2. The standard InChI is InChI=1S/C50H29N3O2/c1-3-13-30(14-4-1)46-49-47(52-50(51-46)31-15-5-2-6-16-31)38-24-23-34(29-44(38)55-49)35-25-26-41(45-37-20-10-12-22-43(37)54-48(35)45)53-40-21-11-9-19-36(40)39-27-32-17-7-8-18-33(32)28-42(39)53/h1-29H. The van der Waals surface area contributed by atoms with Gasteiger partial charge in [0.25, 0.3) is 0 Å². The first-order valence-corrected chi connectivity index (χ1v) is 18.5. The third kappa shape index (κ3) is 4.47. The van der Waals surface area contributed by atoms with Crippen LogP contribution >= 0.6 is 0 Å².